The highest BCUT2D eigenvalue weighted by atomic mass is 79.9. The maximum absolute atomic E-state index is 13.8. The van der Waals surface area contributed by atoms with E-state index in [1.165, 1.54) is 0 Å². The fourth-order valence-corrected chi connectivity index (χ4v) is 2.90. The van der Waals surface area contributed by atoms with E-state index in [1.807, 2.05) is 6.07 Å². The van der Waals surface area contributed by atoms with Crippen LogP contribution in [0.4, 0.5) is 14.5 Å². The molecule has 0 bridgehead atoms. The molecular formula is C15H11BrClF2NO. The predicted octanol–water partition coefficient (Wildman–Crippen LogP) is 4.93. The molecule has 0 atom stereocenters. The molecule has 3 rings (SSSR count). The van der Waals surface area contributed by atoms with Gasteiger partial charge in [0.05, 0.1) is 16.8 Å². The van der Waals surface area contributed by atoms with Crippen molar-refractivity contribution in [3.05, 3.63) is 56.5 Å². The Hall–Kier alpha value is -1.33. The number of hydrogen-bond acceptors (Lipinski definition) is 2. The quantitative estimate of drug-likeness (QED) is 0.769. The molecule has 0 fully saturated rings. The number of benzene rings is 2. The topological polar surface area (TPSA) is 21.3 Å². The van der Waals surface area contributed by atoms with E-state index >= 15 is 0 Å². The van der Waals surface area contributed by atoms with Gasteiger partial charge >= 0.3 is 0 Å². The average Bonchev–Trinajstić information content (AvgIpc) is 2.89. The molecule has 2 nitrogen and oxygen atoms in total. The van der Waals surface area contributed by atoms with Crippen molar-refractivity contribution in [1.82, 2.24) is 0 Å². The maximum atomic E-state index is 13.8. The van der Waals surface area contributed by atoms with Gasteiger partial charge in [-0.2, -0.15) is 0 Å². The van der Waals surface area contributed by atoms with E-state index in [-0.39, 0.29) is 10.2 Å². The summed E-state index contributed by atoms with van der Waals surface area (Å²) in [6.07, 6.45) is 0.810. The summed E-state index contributed by atoms with van der Waals surface area (Å²) in [5.41, 5.74) is 1.97. The van der Waals surface area contributed by atoms with Crippen molar-refractivity contribution in [3.8, 4) is 5.75 Å². The van der Waals surface area contributed by atoms with E-state index in [0.717, 1.165) is 35.4 Å². The van der Waals surface area contributed by atoms with Gasteiger partial charge in [0.1, 0.15) is 17.4 Å². The van der Waals surface area contributed by atoms with Crippen LogP contribution in [0.1, 0.15) is 11.1 Å². The zero-order chi connectivity index (χ0) is 15.0. The van der Waals surface area contributed by atoms with Crippen LogP contribution >= 0.6 is 27.5 Å². The fraction of sp³-hybridized carbons (Fsp3) is 0.200. The van der Waals surface area contributed by atoms with E-state index in [9.17, 15) is 8.78 Å². The number of ether oxygens (including phenoxy) is 1. The zero-order valence-electron chi connectivity index (χ0n) is 10.9. The van der Waals surface area contributed by atoms with Gasteiger partial charge in [-0.15, -0.1) is 0 Å². The number of rotatable bonds is 3. The molecule has 0 aliphatic carbocycles. The van der Waals surface area contributed by atoms with Gasteiger partial charge < -0.3 is 10.1 Å². The van der Waals surface area contributed by atoms with Gasteiger partial charge in [-0.05, 0) is 39.7 Å². The van der Waals surface area contributed by atoms with Crippen LogP contribution in [0.2, 0.25) is 5.02 Å². The highest BCUT2D eigenvalue weighted by Crippen LogP contribution is 2.33. The Kier molecular flexibility index (Phi) is 4.04. The Morgan fingerprint density at radius 2 is 2.00 bits per heavy atom. The summed E-state index contributed by atoms with van der Waals surface area (Å²) >= 11 is 9.01. The average molecular weight is 375 g/mol. The monoisotopic (exact) mass is 373 g/mol. The largest absolute Gasteiger partial charge is 0.493 e. The molecule has 0 spiro atoms. The lowest BCUT2D eigenvalue weighted by Crippen LogP contribution is -2.04. The lowest BCUT2D eigenvalue weighted by Gasteiger charge is -2.12. The Labute approximate surface area is 134 Å². The summed E-state index contributed by atoms with van der Waals surface area (Å²) in [7, 11) is 0. The summed E-state index contributed by atoms with van der Waals surface area (Å²) < 4.78 is 32.9. The van der Waals surface area contributed by atoms with Crippen molar-refractivity contribution >= 4 is 33.2 Å². The van der Waals surface area contributed by atoms with Crippen LogP contribution in [-0.4, -0.2) is 6.61 Å². The minimum Gasteiger partial charge on any atom is -0.493 e. The zero-order valence-corrected chi connectivity index (χ0v) is 13.2. The van der Waals surface area contributed by atoms with E-state index in [0.29, 0.717) is 18.2 Å². The molecule has 0 saturated carbocycles. The van der Waals surface area contributed by atoms with Gasteiger partial charge in [0.25, 0.3) is 0 Å². The van der Waals surface area contributed by atoms with Crippen LogP contribution in [0.15, 0.2) is 28.7 Å². The normalized spacial score (nSPS) is 13.0. The van der Waals surface area contributed by atoms with Gasteiger partial charge in [-0.3, -0.25) is 0 Å². The number of hydrogen-bond donors (Lipinski definition) is 1. The van der Waals surface area contributed by atoms with Crippen molar-refractivity contribution < 1.29 is 13.5 Å². The van der Waals surface area contributed by atoms with Gasteiger partial charge in [0.2, 0.25) is 0 Å². The molecule has 21 heavy (non-hydrogen) atoms. The van der Waals surface area contributed by atoms with Crippen molar-refractivity contribution in [1.29, 1.82) is 0 Å². The lowest BCUT2D eigenvalue weighted by atomic mass is 10.1. The molecule has 1 N–H and O–H groups in total. The molecular weight excluding hydrogens is 364 g/mol. The Morgan fingerprint density at radius 3 is 2.81 bits per heavy atom. The second kappa shape index (κ2) is 5.81. The molecule has 110 valence electrons. The van der Waals surface area contributed by atoms with Gasteiger partial charge in [0, 0.05) is 29.6 Å². The second-order valence-corrected chi connectivity index (χ2v) is 6.04. The van der Waals surface area contributed by atoms with Crippen LogP contribution in [0.3, 0.4) is 0 Å². The molecule has 1 aliphatic heterocycles. The maximum Gasteiger partial charge on any atom is 0.147 e. The Bertz CT molecular complexity index is 709. The molecule has 1 heterocycles. The Morgan fingerprint density at radius 1 is 1.19 bits per heavy atom. The molecule has 1 aliphatic rings. The molecule has 6 heteroatoms. The molecule has 0 unspecified atom stereocenters. The van der Waals surface area contributed by atoms with E-state index < -0.39 is 11.6 Å². The van der Waals surface area contributed by atoms with Crippen LogP contribution in [0.25, 0.3) is 0 Å². The van der Waals surface area contributed by atoms with E-state index in [2.05, 4.69) is 21.2 Å². The molecule has 0 saturated heterocycles. The van der Waals surface area contributed by atoms with Crippen LogP contribution < -0.4 is 10.1 Å². The minimum absolute atomic E-state index is 0.0949. The summed E-state index contributed by atoms with van der Waals surface area (Å²) in [6, 6.07) is 5.85. The Balaban J connectivity index is 1.84. The van der Waals surface area contributed by atoms with Crippen molar-refractivity contribution in [2.24, 2.45) is 0 Å². The van der Waals surface area contributed by atoms with E-state index in [4.69, 9.17) is 16.3 Å². The lowest BCUT2D eigenvalue weighted by molar-refractivity contribution is 0.354. The number of anilines is 1. The first-order valence-corrected chi connectivity index (χ1v) is 7.54. The molecule has 0 radical (unpaired) electrons. The van der Waals surface area contributed by atoms with Crippen molar-refractivity contribution in [2.45, 2.75) is 13.0 Å². The molecule has 0 amide bonds. The summed E-state index contributed by atoms with van der Waals surface area (Å²) in [5, 5.41) is 3.49. The first-order valence-electron chi connectivity index (χ1n) is 6.37. The van der Waals surface area contributed by atoms with Gasteiger partial charge in [0.15, 0.2) is 0 Å². The van der Waals surface area contributed by atoms with Crippen LogP contribution in [-0.2, 0) is 13.0 Å². The standard InChI is InChI=1S/C15H11BrClF2NO/c16-11-5-13(19)14(6-12(11)18)20-7-9-4-10(17)3-8-1-2-21-15(8)9/h3-6,20H,1-2,7H2. The fourth-order valence-electron chi connectivity index (χ4n) is 2.33. The van der Waals surface area contributed by atoms with Crippen LogP contribution in [0.5, 0.6) is 5.75 Å². The smallest absolute Gasteiger partial charge is 0.147 e. The third kappa shape index (κ3) is 2.99. The highest BCUT2D eigenvalue weighted by molar-refractivity contribution is 9.10. The molecule has 2 aromatic carbocycles. The van der Waals surface area contributed by atoms with Crippen molar-refractivity contribution in [3.63, 3.8) is 0 Å². The third-order valence-corrected chi connectivity index (χ3v) is 4.13. The van der Waals surface area contributed by atoms with Gasteiger partial charge in [-0.25, -0.2) is 8.78 Å². The molecule has 2 aromatic rings. The summed E-state index contributed by atoms with van der Waals surface area (Å²) in [4.78, 5) is 0. The van der Waals surface area contributed by atoms with Gasteiger partial charge in [-0.1, -0.05) is 11.6 Å². The summed E-state index contributed by atoms with van der Waals surface area (Å²) in [6.45, 7) is 0.921. The first-order chi connectivity index (χ1) is 10.0. The van der Waals surface area contributed by atoms with Crippen molar-refractivity contribution in [2.75, 3.05) is 11.9 Å². The third-order valence-electron chi connectivity index (χ3n) is 3.30. The number of fused-ring (bicyclic) bond motifs is 1. The minimum atomic E-state index is -0.525. The first kappa shape index (κ1) is 14.6. The number of halogens is 4. The molecule has 0 aromatic heterocycles. The van der Waals surface area contributed by atoms with E-state index in [1.54, 1.807) is 6.07 Å². The predicted molar refractivity (Wildman–Crippen MR) is 82.0 cm³/mol. The summed E-state index contributed by atoms with van der Waals surface area (Å²) in [5.74, 6) is -0.265. The highest BCUT2D eigenvalue weighted by Gasteiger charge is 2.18. The SMILES string of the molecule is Fc1cc(NCc2cc(Cl)cc3c2OCC3)c(F)cc1Br. The number of nitrogens with one attached hydrogen (secondary N) is 1. The van der Waals surface area contributed by atoms with Crippen LogP contribution in [0, 0.1) is 11.6 Å². The second-order valence-electron chi connectivity index (χ2n) is 4.75.